The van der Waals surface area contributed by atoms with Crippen LogP contribution in [-0.4, -0.2) is 17.1 Å². The van der Waals surface area contributed by atoms with Crippen molar-refractivity contribution in [3.63, 3.8) is 0 Å². The number of nitrogens with one attached hydrogen (secondary N) is 1. The second-order valence-electron chi connectivity index (χ2n) is 3.60. The third-order valence-corrected chi connectivity index (χ3v) is 3.22. The molecular formula is C13H13N3OS. The summed E-state index contributed by atoms with van der Waals surface area (Å²) in [6.07, 6.45) is 3.52. The lowest BCUT2D eigenvalue weighted by Crippen LogP contribution is -2.15. The summed E-state index contributed by atoms with van der Waals surface area (Å²) in [5, 5.41) is 2.71. The van der Waals surface area contributed by atoms with Gasteiger partial charge in [-0.15, -0.1) is 11.8 Å². The first-order valence-corrected chi connectivity index (χ1v) is 6.59. The van der Waals surface area contributed by atoms with E-state index in [1.165, 1.54) is 11.8 Å². The molecule has 1 amide bonds. The zero-order chi connectivity index (χ0) is 13.0. The first-order valence-electron chi connectivity index (χ1n) is 5.37. The molecule has 1 heterocycles. The van der Waals surface area contributed by atoms with Gasteiger partial charge in [-0.1, -0.05) is 12.1 Å². The predicted molar refractivity (Wildman–Crippen MR) is 74.8 cm³/mol. The van der Waals surface area contributed by atoms with E-state index in [1.54, 1.807) is 24.4 Å². The van der Waals surface area contributed by atoms with E-state index in [4.69, 9.17) is 5.73 Å². The predicted octanol–water partition coefficient (Wildman–Crippen LogP) is 2.64. The van der Waals surface area contributed by atoms with Gasteiger partial charge in [-0.2, -0.15) is 0 Å². The van der Waals surface area contributed by atoms with Crippen LogP contribution in [0, 0.1) is 0 Å². The number of carbonyl (C=O) groups excluding carboxylic acids is 1. The van der Waals surface area contributed by atoms with Gasteiger partial charge >= 0.3 is 0 Å². The second-order valence-corrected chi connectivity index (χ2v) is 4.44. The summed E-state index contributed by atoms with van der Waals surface area (Å²) in [4.78, 5) is 17.1. The molecule has 0 aliphatic carbocycles. The molecule has 0 unspecified atom stereocenters. The van der Waals surface area contributed by atoms with Gasteiger partial charge in [-0.3, -0.25) is 4.79 Å². The van der Waals surface area contributed by atoms with E-state index in [-0.39, 0.29) is 5.91 Å². The van der Waals surface area contributed by atoms with E-state index in [0.29, 0.717) is 17.1 Å². The average molecular weight is 259 g/mol. The molecule has 0 aliphatic heterocycles. The lowest BCUT2D eigenvalue weighted by molar-refractivity contribution is 0.102. The molecule has 0 radical (unpaired) electrons. The van der Waals surface area contributed by atoms with Crippen LogP contribution >= 0.6 is 11.8 Å². The van der Waals surface area contributed by atoms with E-state index in [9.17, 15) is 4.79 Å². The number of rotatable bonds is 3. The smallest absolute Gasteiger partial charge is 0.258 e. The number of anilines is 2. The van der Waals surface area contributed by atoms with Crippen LogP contribution < -0.4 is 11.1 Å². The number of benzene rings is 1. The fourth-order valence-electron chi connectivity index (χ4n) is 1.53. The molecule has 2 aromatic rings. The Morgan fingerprint density at radius 1 is 1.28 bits per heavy atom. The van der Waals surface area contributed by atoms with Crippen molar-refractivity contribution in [1.82, 2.24) is 4.98 Å². The molecule has 3 N–H and O–H groups in total. The molecule has 0 atom stereocenters. The zero-order valence-electron chi connectivity index (χ0n) is 9.88. The Bertz CT molecular complexity index is 572. The number of nitrogens with zero attached hydrogens (tertiary/aromatic N) is 1. The summed E-state index contributed by atoms with van der Waals surface area (Å²) in [6, 6.07) is 10.8. The summed E-state index contributed by atoms with van der Waals surface area (Å²) in [6.45, 7) is 0. The van der Waals surface area contributed by atoms with Gasteiger partial charge in [0.05, 0.1) is 11.3 Å². The molecule has 2 rings (SSSR count). The molecule has 1 aromatic carbocycles. The van der Waals surface area contributed by atoms with Crippen molar-refractivity contribution in [3.05, 3.63) is 48.2 Å². The number of nitrogens with two attached hydrogens (primary N) is 1. The van der Waals surface area contributed by atoms with Crippen LogP contribution in [0.3, 0.4) is 0 Å². The van der Waals surface area contributed by atoms with Crippen LogP contribution in [0.2, 0.25) is 0 Å². The fraction of sp³-hybridized carbons (Fsp3) is 0.0769. The summed E-state index contributed by atoms with van der Waals surface area (Å²) in [7, 11) is 0. The Balaban J connectivity index is 2.25. The summed E-state index contributed by atoms with van der Waals surface area (Å²) >= 11 is 1.53. The van der Waals surface area contributed by atoms with Crippen molar-refractivity contribution in [3.8, 4) is 0 Å². The van der Waals surface area contributed by atoms with Gasteiger partial charge in [-0.25, -0.2) is 4.98 Å². The van der Waals surface area contributed by atoms with E-state index in [1.807, 2.05) is 24.5 Å². The third-order valence-electron chi connectivity index (χ3n) is 2.42. The molecule has 5 heteroatoms. The van der Waals surface area contributed by atoms with Gasteiger partial charge in [0, 0.05) is 11.1 Å². The minimum absolute atomic E-state index is 0.203. The number of pyridine rings is 1. The van der Waals surface area contributed by atoms with Crippen molar-refractivity contribution in [2.75, 3.05) is 17.3 Å². The second kappa shape index (κ2) is 5.55. The van der Waals surface area contributed by atoms with Gasteiger partial charge in [0.2, 0.25) is 0 Å². The number of carbonyl (C=O) groups is 1. The Labute approximate surface area is 110 Å². The Hall–Kier alpha value is -2.01. The third kappa shape index (κ3) is 2.62. The lowest BCUT2D eigenvalue weighted by atomic mass is 10.2. The van der Waals surface area contributed by atoms with E-state index in [0.717, 1.165) is 4.90 Å². The standard InChI is InChI=1S/C13H13N3OS/c1-18-11-7-3-2-5-9(11)13(17)16-12-10(14)6-4-8-15-12/h2-8H,14H2,1H3,(H,15,16,17). The summed E-state index contributed by atoms with van der Waals surface area (Å²) < 4.78 is 0. The molecule has 92 valence electrons. The topological polar surface area (TPSA) is 68.0 Å². The van der Waals surface area contributed by atoms with Crippen molar-refractivity contribution < 1.29 is 4.79 Å². The Morgan fingerprint density at radius 3 is 2.78 bits per heavy atom. The maximum absolute atomic E-state index is 12.1. The summed E-state index contributed by atoms with van der Waals surface area (Å²) in [5.41, 5.74) is 6.81. The van der Waals surface area contributed by atoms with Gasteiger partial charge in [0.25, 0.3) is 5.91 Å². The van der Waals surface area contributed by atoms with Crippen LogP contribution in [0.1, 0.15) is 10.4 Å². The number of hydrogen-bond donors (Lipinski definition) is 2. The van der Waals surface area contributed by atoms with Crippen LogP contribution in [-0.2, 0) is 0 Å². The van der Waals surface area contributed by atoms with Gasteiger partial charge < -0.3 is 11.1 Å². The van der Waals surface area contributed by atoms with Crippen LogP contribution in [0.25, 0.3) is 0 Å². The maximum Gasteiger partial charge on any atom is 0.258 e. The lowest BCUT2D eigenvalue weighted by Gasteiger charge is -2.09. The molecule has 0 bridgehead atoms. The van der Waals surface area contributed by atoms with Gasteiger partial charge in [0.1, 0.15) is 0 Å². The first kappa shape index (κ1) is 12.4. The van der Waals surface area contributed by atoms with Crippen molar-refractivity contribution in [2.24, 2.45) is 0 Å². The van der Waals surface area contributed by atoms with Crippen molar-refractivity contribution >= 4 is 29.2 Å². The van der Waals surface area contributed by atoms with Crippen molar-refractivity contribution in [2.45, 2.75) is 4.90 Å². The van der Waals surface area contributed by atoms with Gasteiger partial charge in [-0.05, 0) is 30.5 Å². The molecule has 0 fully saturated rings. The highest BCUT2D eigenvalue weighted by molar-refractivity contribution is 7.98. The normalized spacial score (nSPS) is 10.1. The SMILES string of the molecule is CSc1ccccc1C(=O)Nc1ncccc1N. The van der Waals surface area contributed by atoms with Crippen LogP contribution in [0.4, 0.5) is 11.5 Å². The highest BCUT2D eigenvalue weighted by Crippen LogP contribution is 2.21. The Morgan fingerprint density at radius 2 is 2.06 bits per heavy atom. The minimum Gasteiger partial charge on any atom is -0.396 e. The first-order chi connectivity index (χ1) is 8.72. The Kier molecular flexibility index (Phi) is 3.84. The van der Waals surface area contributed by atoms with E-state index in [2.05, 4.69) is 10.3 Å². The zero-order valence-corrected chi connectivity index (χ0v) is 10.7. The summed E-state index contributed by atoms with van der Waals surface area (Å²) in [5.74, 6) is 0.184. The maximum atomic E-state index is 12.1. The molecule has 4 nitrogen and oxygen atoms in total. The fourth-order valence-corrected chi connectivity index (χ4v) is 2.12. The minimum atomic E-state index is -0.203. The van der Waals surface area contributed by atoms with E-state index < -0.39 is 0 Å². The number of amides is 1. The number of aromatic nitrogens is 1. The van der Waals surface area contributed by atoms with E-state index >= 15 is 0 Å². The molecule has 0 saturated heterocycles. The van der Waals surface area contributed by atoms with Crippen LogP contribution in [0.15, 0.2) is 47.5 Å². The molecule has 0 spiro atoms. The molecular weight excluding hydrogens is 246 g/mol. The monoisotopic (exact) mass is 259 g/mol. The highest BCUT2D eigenvalue weighted by Gasteiger charge is 2.12. The molecule has 18 heavy (non-hydrogen) atoms. The van der Waals surface area contributed by atoms with Crippen LogP contribution in [0.5, 0.6) is 0 Å². The highest BCUT2D eigenvalue weighted by atomic mass is 32.2. The number of nitrogen functional groups attached to an aromatic ring is 1. The average Bonchev–Trinajstić information content (AvgIpc) is 2.41. The number of hydrogen-bond acceptors (Lipinski definition) is 4. The molecule has 1 aromatic heterocycles. The van der Waals surface area contributed by atoms with Gasteiger partial charge in [0.15, 0.2) is 5.82 Å². The largest absolute Gasteiger partial charge is 0.396 e. The quantitative estimate of drug-likeness (QED) is 0.831. The van der Waals surface area contributed by atoms with Crippen molar-refractivity contribution in [1.29, 1.82) is 0 Å². The molecule has 0 saturated carbocycles. The number of thioether (sulfide) groups is 1. The molecule has 0 aliphatic rings.